The van der Waals surface area contributed by atoms with Crippen LogP contribution in [0.3, 0.4) is 0 Å². The number of nitrogens with two attached hydrogens (primary N) is 1. The van der Waals surface area contributed by atoms with E-state index in [1.54, 1.807) is 12.1 Å². The average Bonchev–Trinajstić information content (AvgIpc) is 2.87. The van der Waals surface area contributed by atoms with Crippen molar-refractivity contribution in [1.29, 1.82) is 5.26 Å². The Balaban J connectivity index is 2.24. The molecule has 0 aliphatic heterocycles. The molecule has 0 amide bonds. The Morgan fingerprint density at radius 1 is 1.54 bits per heavy atom. The van der Waals surface area contributed by atoms with E-state index in [1.165, 1.54) is 0 Å². The van der Waals surface area contributed by atoms with E-state index in [4.69, 9.17) is 15.7 Å². The van der Waals surface area contributed by atoms with Gasteiger partial charge in [-0.3, -0.25) is 0 Å². The molecule has 66 valence electrons. The summed E-state index contributed by atoms with van der Waals surface area (Å²) >= 11 is 0. The van der Waals surface area contributed by atoms with Crippen molar-refractivity contribution in [2.24, 2.45) is 0 Å². The van der Waals surface area contributed by atoms with Crippen LogP contribution in [0.4, 0.5) is 5.82 Å². The van der Waals surface area contributed by atoms with Crippen LogP contribution in [0.25, 0.3) is 0 Å². The number of nitrogen functional groups attached to an aromatic ring is 1. The van der Waals surface area contributed by atoms with Gasteiger partial charge in [-0.15, -0.1) is 0 Å². The molecule has 0 saturated heterocycles. The summed E-state index contributed by atoms with van der Waals surface area (Å²) in [5.41, 5.74) is 5.79. The molecule has 0 radical (unpaired) electrons. The van der Waals surface area contributed by atoms with Crippen LogP contribution in [0.2, 0.25) is 0 Å². The van der Waals surface area contributed by atoms with Gasteiger partial charge >= 0.3 is 0 Å². The first-order chi connectivity index (χ1) is 6.28. The lowest BCUT2D eigenvalue weighted by Crippen LogP contribution is -1.99. The summed E-state index contributed by atoms with van der Waals surface area (Å²) in [5.74, 6) is 0.973. The quantitative estimate of drug-likeness (QED) is 0.729. The maximum atomic E-state index is 8.61. The van der Waals surface area contributed by atoms with E-state index in [1.807, 2.05) is 6.07 Å². The largest absolute Gasteiger partial charge is 0.490 e. The fraction of sp³-hybridized carbons (Fsp3) is 0.333. The van der Waals surface area contributed by atoms with Gasteiger partial charge in [0.1, 0.15) is 23.3 Å². The number of anilines is 1. The van der Waals surface area contributed by atoms with Crippen LogP contribution in [0.5, 0.6) is 5.75 Å². The number of nitrogens with zero attached hydrogens (tertiary/aromatic N) is 2. The summed E-state index contributed by atoms with van der Waals surface area (Å²) in [6.45, 7) is 0. The minimum Gasteiger partial charge on any atom is -0.490 e. The minimum atomic E-state index is 0.302. The van der Waals surface area contributed by atoms with Gasteiger partial charge in [-0.25, -0.2) is 4.98 Å². The van der Waals surface area contributed by atoms with Crippen LogP contribution in [-0.4, -0.2) is 11.1 Å². The van der Waals surface area contributed by atoms with Crippen LogP contribution in [0, 0.1) is 11.3 Å². The van der Waals surface area contributed by atoms with E-state index in [-0.39, 0.29) is 0 Å². The number of nitriles is 1. The second-order valence-corrected chi connectivity index (χ2v) is 3.04. The van der Waals surface area contributed by atoms with Gasteiger partial charge < -0.3 is 10.5 Å². The lowest BCUT2D eigenvalue weighted by atomic mass is 10.3. The Kier molecular flexibility index (Phi) is 1.78. The second-order valence-electron chi connectivity index (χ2n) is 3.04. The monoisotopic (exact) mass is 175 g/mol. The van der Waals surface area contributed by atoms with E-state index in [0.717, 1.165) is 12.8 Å². The van der Waals surface area contributed by atoms with Crippen molar-refractivity contribution in [3.05, 3.63) is 17.8 Å². The Morgan fingerprint density at radius 2 is 2.31 bits per heavy atom. The lowest BCUT2D eigenvalue weighted by molar-refractivity contribution is 0.303. The third-order valence-corrected chi connectivity index (χ3v) is 1.76. The molecule has 4 nitrogen and oxygen atoms in total. The molecule has 1 aliphatic rings. The predicted molar refractivity (Wildman–Crippen MR) is 47.0 cm³/mol. The topological polar surface area (TPSA) is 71.9 Å². The van der Waals surface area contributed by atoms with E-state index in [0.29, 0.717) is 23.4 Å². The SMILES string of the molecule is N#Cc1cc(OC2CC2)cc(N)n1. The molecule has 0 atom stereocenters. The number of hydrogen-bond donors (Lipinski definition) is 1. The summed E-state index contributed by atoms with van der Waals surface area (Å²) in [4.78, 5) is 3.82. The fourth-order valence-electron chi connectivity index (χ4n) is 1.03. The van der Waals surface area contributed by atoms with Gasteiger partial charge in [0, 0.05) is 12.1 Å². The number of hydrogen-bond acceptors (Lipinski definition) is 4. The molecule has 0 spiro atoms. The van der Waals surface area contributed by atoms with Crippen molar-refractivity contribution in [2.75, 3.05) is 5.73 Å². The zero-order valence-corrected chi connectivity index (χ0v) is 7.03. The molecule has 1 heterocycles. The molecule has 0 aromatic carbocycles. The van der Waals surface area contributed by atoms with Crippen LogP contribution in [0.15, 0.2) is 12.1 Å². The molecule has 1 fully saturated rings. The highest BCUT2D eigenvalue weighted by molar-refractivity contribution is 5.42. The third kappa shape index (κ3) is 1.88. The van der Waals surface area contributed by atoms with Crippen molar-refractivity contribution in [3.63, 3.8) is 0 Å². The fourth-order valence-corrected chi connectivity index (χ4v) is 1.03. The normalized spacial score (nSPS) is 15.0. The van der Waals surface area contributed by atoms with E-state index in [2.05, 4.69) is 4.98 Å². The molecule has 4 heteroatoms. The Labute approximate surface area is 76.0 Å². The second kappa shape index (κ2) is 2.94. The molecule has 1 aromatic heterocycles. The highest BCUT2D eigenvalue weighted by Crippen LogP contribution is 2.27. The number of pyridine rings is 1. The van der Waals surface area contributed by atoms with Gasteiger partial charge in [-0.1, -0.05) is 0 Å². The Bertz CT molecular complexity index is 366. The summed E-state index contributed by atoms with van der Waals surface area (Å²) < 4.78 is 5.48. The summed E-state index contributed by atoms with van der Waals surface area (Å²) in [7, 11) is 0. The Hall–Kier alpha value is -1.76. The zero-order chi connectivity index (χ0) is 9.26. The van der Waals surface area contributed by atoms with Crippen molar-refractivity contribution >= 4 is 5.82 Å². The first kappa shape index (κ1) is 7.87. The zero-order valence-electron chi connectivity index (χ0n) is 7.03. The molecule has 1 saturated carbocycles. The van der Waals surface area contributed by atoms with Crippen molar-refractivity contribution in [1.82, 2.24) is 4.98 Å². The van der Waals surface area contributed by atoms with Crippen LogP contribution in [-0.2, 0) is 0 Å². The molecular formula is C9H9N3O. The number of ether oxygens (including phenoxy) is 1. The molecule has 2 rings (SSSR count). The third-order valence-electron chi connectivity index (χ3n) is 1.76. The van der Waals surface area contributed by atoms with Gasteiger partial charge in [0.2, 0.25) is 0 Å². The Morgan fingerprint density at radius 3 is 2.92 bits per heavy atom. The maximum Gasteiger partial charge on any atom is 0.146 e. The van der Waals surface area contributed by atoms with Crippen LogP contribution < -0.4 is 10.5 Å². The standard InChI is InChI=1S/C9H9N3O/c10-5-6-3-8(4-9(11)12-6)13-7-1-2-7/h3-4,7H,1-2H2,(H2,11,12). The molecular weight excluding hydrogens is 166 g/mol. The van der Waals surface area contributed by atoms with E-state index < -0.39 is 0 Å². The van der Waals surface area contributed by atoms with Gasteiger partial charge in [-0.2, -0.15) is 5.26 Å². The van der Waals surface area contributed by atoms with Gasteiger partial charge in [-0.05, 0) is 12.8 Å². The number of rotatable bonds is 2. The average molecular weight is 175 g/mol. The van der Waals surface area contributed by atoms with Gasteiger partial charge in [0.15, 0.2) is 0 Å². The summed E-state index contributed by atoms with van der Waals surface area (Å²) in [5, 5.41) is 8.61. The van der Waals surface area contributed by atoms with Gasteiger partial charge in [0.05, 0.1) is 6.10 Å². The molecule has 0 unspecified atom stereocenters. The predicted octanol–water partition coefficient (Wildman–Crippen LogP) is 1.08. The van der Waals surface area contributed by atoms with E-state index in [9.17, 15) is 0 Å². The van der Waals surface area contributed by atoms with Gasteiger partial charge in [0.25, 0.3) is 0 Å². The lowest BCUT2D eigenvalue weighted by Gasteiger charge is -2.04. The first-order valence-corrected chi connectivity index (χ1v) is 4.12. The molecule has 1 aromatic rings. The van der Waals surface area contributed by atoms with Crippen molar-refractivity contribution in [2.45, 2.75) is 18.9 Å². The van der Waals surface area contributed by atoms with Crippen LogP contribution >= 0.6 is 0 Å². The number of aromatic nitrogens is 1. The molecule has 0 bridgehead atoms. The first-order valence-electron chi connectivity index (χ1n) is 4.12. The highest BCUT2D eigenvalue weighted by atomic mass is 16.5. The summed E-state index contributed by atoms with van der Waals surface area (Å²) in [6.07, 6.45) is 2.49. The minimum absolute atomic E-state index is 0.302. The van der Waals surface area contributed by atoms with E-state index >= 15 is 0 Å². The molecule has 13 heavy (non-hydrogen) atoms. The molecule has 2 N–H and O–H groups in total. The van der Waals surface area contributed by atoms with Crippen molar-refractivity contribution in [3.8, 4) is 11.8 Å². The molecule has 1 aliphatic carbocycles. The maximum absolute atomic E-state index is 8.61. The van der Waals surface area contributed by atoms with Crippen molar-refractivity contribution < 1.29 is 4.74 Å². The smallest absolute Gasteiger partial charge is 0.146 e. The highest BCUT2D eigenvalue weighted by Gasteiger charge is 2.23. The van der Waals surface area contributed by atoms with Crippen LogP contribution in [0.1, 0.15) is 18.5 Å². The summed E-state index contributed by atoms with van der Waals surface area (Å²) in [6, 6.07) is 5.17.